The molecule has 1 atom stereocenters. The summed E-state index contributed by atoms with van der Waals surface area (Å²) in [6.45, 7) is -0.403. The summed E-state index contributed by atoms with van der Waals surface area (Å²) >= 11 is 12.7. The molecule has 1 unspecified atom stereocenters. The maximum atomic E-state index is 12.0. The Bertz CT molecular complexity index is 777. The first-order valence-electron chi connectivity index (χ1n) is 7.10. The Hall–Kier alpha value is -2.09. The van der Waals surface area contributed by atoms with E-state index in [4.69, 9.17) is 33.7 Å². The lowest BCUT2D eigenvalue weighted by molar-refractivity contribution is -0.143. The fourth-order valence-corrected chi connectivity index (χ4v) is 3.12. The van der Waals surface area contributed by atoms with Gasteiger partial charge in [0.1, 0.15) is 0 Å². The Morgan fingerprint density at radius 1 is 1.12 bits per heavy atom. The van der Waals surface area contributed by atoms with Crippen molar-refractivity contribution in [1.29, 1.82) is 0 Å². The Balaban J connectivity index is 1.95. The number of hydrogen-bond donors (Lipinski definition) is 2. The summed E-state index contributed by atoms with van der Waals surface area (Å²) in [6, 6.07) is 8.27. The number of nitrogens with two attached hydrogens (primary N) is 1. The molecule has 0 saturated heterocycles. The normalized spacial score (nSPS) is 11.6. The predicted molar refractivity (Wildman–Crippen MR) is 96.1 cm³/mol. The van der Waals surface area contributed by atoms with Crippen LogP contribution >= 0.6 is 34.5 Å². The first kappa shape index (κ1) is 19.2. The lowest BCUT2D eigenvalue weighted by atomic mass is 10.0. The molecule has 0 fully saturated rings. The highest BCUT2D eigenvalue weighted by atomic mass is 35.5. The molecule has 0 aliphatic rings. The zero-order valence-corrected chi connectivity index (χ0v) is 15.2. The smallest absolute Gasteiger partial charge is 0.312 e. The summed E-state index contributed by atoms with van der Waals surface area (Å²) in [4.78, 5) is 35.5. The van der Waals surface area contributed by atoms with Gasteiger partial charge in [-0.25, -0.2) is 4.79 Å². The lowest BCUT2D eigenvalue weighted by Gasteiger charge is -2.17. The largest absolute Gasteiger partial charge is 0.457 e. The number of benzene rings is 1. The molecule has 9 heteroatoms. The molecule has 2 rings (SSSR count). The number of ketones is 1. The number of urea groups is 1. The van der Waals surface area contributed by atoms with Crippen molar-refractivity contribution in [1.82, 2.24) is 5.32 Å². The Morgan fingerprint density at radius 3 is 2.36 bits per heavy atom. The zero-order valence-electron chi connectivity index (χ0n) is 12.8. The van der Waals surface area contributed by atoms with Gasteiger partial charge in [-0.15, -0.1) is 11.3 Å². The van der Waals surface area contributed by atoms with E-state index in [0.29, 0.717) is 19.8 Å². The Labute approximate surface area is 157 Å². The first-order valence-corrected chi connectivity index (χ1v) is 8.68. The van der Waals surface area contributed by atoms with Crippen molar-refractivity contribution >= 4 is 52.3 Å². The molecule has 0 spiro atoms. The number of esters is 1. The summed E-state index contributed by atoms with van der Waals surface area (Å²) in [5, 5.41) is 2.98. The number of rotatable bonds is 7. The van der Waals surface area contributed by atoms with Crippen molar-refractivity contribution < 1.29 is 19.1 Å². The minimum atomic E-state index is -0.781. The predicted octanol–water partition coefficient (Wildman–Crippen LogP) is 3.58. The standard InChI is InChI=1S/C16H14Cl2N2O4S/c17-10-3-1-9(2-4-10)11(20-16(19)23)7-15(22)24-8-12(21)13-5-6-14(18)25-13/h1-6,11H,7-8H2,(H3,19,20,23). The van der Waals surface area contributed by atoms with Gasteiger partial charge in [0.15, 0.2) is 6.61 Å². The van der Waals surface area contributed by atoms with Crippen LogP contribution in [0.4, 0.5) is 4.79 Å². The molecule has 0 radical (unpaired) electrons. The van der Waals surface area contributed by atoms with Gasteiger partial charge in [-0.1, -0.05) is 35.3 Å². The topological polar surface area (TPSA) is 98.5 Å². The third-order valence-corrected chi connectivity index (χ3v) is 4.70. The molecule has 0 aliphatic heterocycles. The maximum absolute atomic E-state index is 12.0. The van der Waals surface area contributed by atoms with E-state index in [1.807, 2.05) is 0 Å². The van der Waals surface area contributed by atoms with Crippen LogP contribution in [0.2, 0.25) is 9.36 Å². The van der Waals surface area contributed by atoms with Crippen LogP contribution in [0.5, 0.6) is 0 Å². The SMILES string of the molecule is NC(=O)NC(CC(=O)OCC(=O)c1ccc(Cl)s1)c1ccc(Cl)cc1. The highest BCUT2D eigenvalue weighted by molar-refractivity contribution is 7.18. The number of primary amides is 1. The van der Waals surface area contributed by atoms with Gasteiger partial charge >= 0.3 is 12.0 Å². The molecule has 1 aromatic carbocycles. The van der Waals surface area contributed by atoms with Crippen LogP contribution in [0.1, 0.15) is 27.7 Å². The number of carbonyl (C=O) groups is 3. The van der Waals surface area contributed by atoms with Crippen LogP contribution in [0.25, 0.3) is 0 Å². The van der Waals surface area contributed by atoms with Crippen molar-refractivity contribution in [2.75, 3.05) is 6.61 Å². The van der Waals surface area contributed by atoms with E-state index in [1.54, 1.807) is 36.4 Å². The molecule has 0 bridgehead atoms. The van der Waals surface area contributed by atoms with Crippen LogP contribution < -0.4 is 11.1 Å². The summed E-state index contributed by atoms with van der Waals surface area (Å²) in [7, 11) is 0. The van der Waals surface area contributed by atoms with Gasteiger partial charge in [-0.3, -0.25) is 9.59 Å². The molecule has 0 aliphatic carbocycles. The monoisotopic (exact) mass is 400 g/mol. The van der Waals surface area contributed by atoms with E-state index < -0.39 is 24.6 Å². The van der Waals surface area contributed by atoms with Crippen molar-refractivity contribution in [2.24, 2.45) is 5.73 Å². The van der Waals surface area contributed by atoms with Gasteiger partial charge in [-0.05, 0) is 29.8 Å². The van der Waals surface area contributed by atoms with E-state index in [2.05, 4.69) is 5.32 Å². The molecule has 132 valence electrons. The number of ether oxygens (including phenoxy) is 1. The molecule has 0 saturated carbocycles. The second-order valence-electron chi connectivity index (χ2n) is 5.00. The average Bonchev–Trinajstić information content (AvgIpc) is 2.99. The van der Waals surface area contributed by atoms with Crippen LogP contribution in [-0.4, -0.2) is 24.4 Å². The number of thiophene rings is 1. The number of hydrogen-bond acceptors (Lipinski definition) is 5. The first-order chi connectivity index (χ1) is 11.8. The minimum absolute atomic E-state index is 0.178. The number of amides is 2. The van der Waals surface area contributed by atoms with Gasteiger partial charge in [0.05, 0.1) is 21.7 Å². The molecule has 2 amide bonds. The van der Waals surface area contributed by atoms with Crippen LogP contribution in [0.3, 0.4) is 0 Å². The second kappa shape index (κ2) is 8.84. The van der Waals surface area contributed by atoms with Gasteiger partial charge in [-0.2, -0.15) is 0 Å². The molecule has 3 N–H and O–H groups in total. The third kappa shape index (κ3) is 6.04. The minimum Gasteiger partial charge on any atom is -0.457 e. The molecular weight excluding hydrogens is 387 g/mol. The van der Waals surface area contributed by atoms with Crippen LogP contribution in [-0.2, 0) is 9.53 Å². The van der Waals surface area contributed by atoms with Crippen molar-refractivity contribution in [3.63, 3.8) is 0 Å². The fourth-order valence-electron chi connectivity index (χ4n) is 2.03. The van der Waals surface area contributed by atoms with Crippen molar-refractivity contribution in [2.45, 2.75) is 12.5 Å². The van der Waals surface area contributed by atoms with E-state index in [9.17, 15) is 14.4 Å². The number of nitrogens with one attached hydrogen (secondary N) is 1. The molecular formula is C16H14Cl2N2O4S. The van der Waals surface area contributed by atoms with Gasteiger partial charge in [0.25, 0.3) is 0 Å². The summed E-state index contributed by atoms with van der Waals surface area (Å²) in [6.07, 6.45) is -0.178. The maximum Gasteiger partial charge on any atom is 0.312 e. The highest BCUT2D eigenvalue weighted by Crippen LogP contribution is 2.22. The zero-order chi connectivity index (χ0) is 18.4. The Morgan fingerprint density at radius 2 is 1.80 bits per heavy atom. The third-order valence-electron chi connectivity index (χ3n) is 3.17. The van der Waals surface area contributed by atoms with E-state index in [0.717, 1.165) is 11.3 Å². The lowest BCUT2D eigenvalue weighted by Crippen LogP contribution is -2.34. The molecule has 6 nitrogen and oxygen atoms in total. The molecule has 1 aromatic heterocycles. The molecule has 25 heavy (non-hydrogen) atoms. The second-order valence-corrected chi connectivity index (χ2v) is 7.16. The highest BCUT2D eigenvalue weighted by Gasteiger charge is 2.20. The Kier molecular flexibility index (Phi) is 6.81. The number of halogens is 2. The van der Waals surface area contributed by atoms with Crippen LogP contribution in [0.15, 0.2) is 36.4 Å². The molecule has 2 aromatic rings. The summed E-state index contributed by atoms with van der Waals surface area (Å²) in [5.41, 5.74) is 5.78. The summed E-state index contributed by atoms with van der Waals surface area (Å²) in [5.74, 6) is -0.999. The number of Topliss-reactive ketones (excluding diaryl/α,β-unsaturated/α-hetero) is 1. The van der Waals surface area contributed by atoms with Crippen LogP contribution in [0, 0.1) is 0 Å². The van der Waals surface area contributed by atoms with Gasteiger partial charge in [0, 0.05) is 5.02 Å². The fraction of sp³-hybridized carbons (Fsp3) is 0.188. The quantitative estimate of drug-likeness (QED) is 0.547. The van der Waals surface area contributed by atoms with Crippen molar-refractivity contribution in [3.8, 4) is 0 Å². The van der Waals surface area contributed by atoms with E-state index in [1.165, 1.54) is 0 Å². The average molecular weight is 401 g/mol. The molecule has 1 heterocycles. The van der Waals surface area contributed by atoms with Gasteiger partial charge in [0.2, 0.25) is 5.78 Å². The van der Waals surface area contributed by atoms with E-state index in [-0.39, 0.29) is 12.2 Å². The van der Waals surface area contributed by atoms with Gasteiger partial charge < -0.3 is 15.8 Å². The summed E-state index contributed by atoms with van der Waals surface area (Å²) < 4.78 is 5.46. The number of carbonyl (C=O) groups excluding carboxylic acids is 3. The van der Waals surface area contributed by atoms with Crippen molar-refractivity contribution in [3.05, 3.63) is 56.2 Å². The van der Waals surface area contributed by atoms with E-state index >= 15 is 0 Å².